The van der Waals surface area contributed by atoms with Gasteiger partial charge in [0, 0.05) is 5.88 Å². The number of halogens is 1. The highest BCUT2D eigenvalue weighted by molar-refractivity contribution is 6.17. The fourth-order valence-electron chi connectivity index (χ4n) is 2.08. The van der Waals surface area contributed by atoms with Gasteiger partial charge in [-0.15, -0.1) is 11.6 Å². The van der Waals surface area contributed by atoms with Crippen molar-refractivity contribution < 1.29 is 52.5 Å². The molecule has 0 aliphatic rings. The average Bonchev–Trinajstić information content (AvgIpc) is 2.80. The van der Waals surface area contributed by atoms with Gasteiger partial charge < -0.3 is 47.7 Å². The van der Waals surface area contributed by atoms with Crippen LogP contribution in [0.2, 0.25) is 0 Å². The minimum Gasteiger partial charge on any atom is -0.481 e. The number of alkyl halides is 1. The maximum atomic E-state index is 10.3. The van der Waals surface area contributed by atoms with Crippen molar-refractivity contribution in [2.45, 2.75) is 6.42 Å². The molecule has 0 spiro atoms. The third kappa shape index (κ3) is 31.4. The van der Waals surface area contributed by atoms with Crippen molar-refractivity contribution in [1.82, 2.24) is 0 Å². The summed E-state index contributed by atoms with van der Waals surface area (Å²) in [5, 5.41) is 8.45. The molecule has 0 radical (unpaired) electrons. The minimum absolute atomic E-state index is 0.00215. The summed E-state index contributed by atoms with van der Waals surface area (Å²) < 4.78 is 47.9. The maximum absolute atomic E-state index is 10.3. The third-order valence-corrected chi connectivity index (χ3v) is 3.81. The van der Waals surface area contributed by atoms with E-state index in [4.69, 9.17) is 59.3 Å². The van der Waals surface area contributed by atoms with Crippen LogP contribution in [-0.4, -0.2) is 136 Å². The predicted molar refractivity (Wildman–Crippen MR) is 120 cm³/mol. The molecule has 0 aliphatic heterocycles. The van der Waals surface area contributed by atoms with Crippen molar-refractivity contribution in [1.29, 1.82) is 0 Å². The van der Waals surface area contributed by atoms with Crippen LogP contribution < -0.4 is 0 Å². The molecule has 0 aliphatic carbocycles. The molecule has 198 valence electrons. The molecule has 11 nitrogen and oxygen atoms in total. The van der Waals surface area contributed by atoms with E-state index in [9.17, 15) is 4.79 Å². The molecule has 0 saturated heterocycles. The van der Waals surface area contributed by atoms with Crippen LogP contribution in [0.1, 0.15) is 6.42 Å². The Hall–Kier alpha value is -0.600. The van der Waals surface area contributed by atoms with Gasteiger partial charge in [0.05, 0.1) is 125 Å². The summed E-state index contributed by atoms with van der Waals surface area (Å²) in [7, 11) is 0. The first-order valence-electron chi connectivity index (χ1n) is 11.2. The summed E-state index contributed by atoms with van der Waals surface area (Å²) in [6, 6.07) is 0. The van der Waals surface area contributed by atoms with Gasteiger partial charge in [0.1, 0.15) is 0 Å². The molecule has 0 aromatic carbocycles. The number of ether oxygens (including phenoxy) is 9. The van der Waals surface area contributed by atoms with Gasteiger partial charge in [0.25, 0.3) is 0 Å². The molecule has 0 atom stereocenters. The molecule has 0 unspecified atom stereocenters. The number of carbonyl (C=O) groups is 1. The summed E-state index contributed by atoms with van der Waals surface area (Å²) in [6.07, 6.45) is 0.00215. The number of aliphatic carboxylic acids is 1. The van der Waals surface area contributed by atoms with Crippen LogP contribution in [-0.2, 0) is 47.4 Å². The van der Waals surface area contributed by atoms with Gasteiger partial charge in [-0.2, -0.15) is 0 Å². The topological polar surface area (TPSA) is 120 Å². The standard InChI is InChI=1S/C21H41ClO11/c22-2-4-26-6-8-28-10-12-30-14-16-32-18-20-33-19-17-31-15-13-29-11-9-27-7-5-25-3-1-21(23)24/h1-20H2,(H,23,24). The first-order chi connectivity index (χ1) is 16.3. The highest BCUT2D eigenvalue weighted by Gasteiger charge is 1.97. The van der Waals surface area contributed by atoms with E-state index < -0.39 is 5.97 Å². The first kappa shape index (κ1) is 32.4. The zero-order valence-electron chi connectivity index (χ0n) is 19.5. The Labute approximate surface area is 201 Å². The largest absolute Gasteiger partial charge is 0.481 e. The normalized spacial score (nSPS) is 11.3. The van der Waals surface area contributed by atoms with Crippen LogP contribution in [0.25, 0.3) is 0 Å². The van der Waals surface area contributed by atoms with Crippen LogP contribution in [0.15, 0.2) is 0 Å². The summed E-state index contributed by atoms with van der Waals surface area (Å²) in [5.74, 6) is -0.377. The lowest BCUT2D eigenvalue weighted by Gasteiger charge is -2.08. The summed E-state index contributed by atoms with van der Waals surface area (Å²) in [6.45, 7) is 8.56. The monoisotopic (exact) mass is 504 g/mol. The van der Waals surface area contributed by atoms with E-state index in [1.165, 1.54) is 0 Å². The van der Waals surface area contributed by atoms with E-state index in [2.05, 4.69) is 0 Å². The molecule has 0 amide bonds. The lowest BCUT2D eigenvalue weighted by molar-refractivity contribution is -0.138. The molecule has 12 heteroatoms. The highest BCUT2D eigenvalue weighted by atomic mass is 35.5. The molecule has 0 aromatic rings. The Morgan fingerprint density at radius 3 is 0.848 bits per heavy atom. The van der Waals surface area contributed by atoms with Crippen LogP contribution in [0.5, 0.6) is 0 Å². The van der Waals surface area contributed by atoms with Crippen molar-refractivity contribution >= 4 is 17.6 Å². The molecule has 1 N–H and O–H groups in total. The van der Waals surface area contributed by atoms with E-state index in [1.807, 2.05) is 0 Å². The number of rotatable bonds is 29. The maximum Gasteiger partial charge on any atom is 0.305 e. The predicted octanol–water partition coefficient (Wildman–Crippen LogP) is 0.849. The Kier molecular flexibility index (Phi) is 28.9. The van der Waals surface area contributed by atoms with Gasteiger partial charge in [0.15, 0.2) is 0 Å². The fourth-order valence-corrected chi connectivity index (χ4v) is 2.18. The number of carboxylic acid groups (broad SMARTS) is 1. The minimum atomic E-state index is -0.871. The van der Waals surface area contributed by atoms with Gasteiger partial charge in [0.2, 0.25) is 0 Å². The zero-order valence-corrected chi connectivity index (χ0v) is 20.3. The van der Waals surface area contributed by atoms with Crippen molar-refractivity contribution in [2.24, 2.45) is 0 Å². The summed E-state index contributed by atoms with van der Waals surface area (Å²) in [4.78, 5) is 10.3. The van der Waals surface area contributed by atoms with Gasteiger partial charge in [-0.05, 0) is 0 Å². The van der Waals surface area contributed by atoms with Gasteiger partial charge in [-0.1, -0.05) is 0 Å². The van der Waals surface area contributed by atoms with Crippen LogP contribution in [0, 0.1) is 0 Å². The second kappa shape index (κ2) is 29.4. The number of carboxylic acids is 1. The average molecular weight is 505 g/mol. The lowest BCUT2D eigenvalue weighted by atomic mass is 10.5. The van der Waals surface area contributed by atoms with Crippen molar-refractivity contribution in [2.75, 3.05) is 125 Å². The van der Waals surface area contributed by atoms with E-state index >= 15 is 0 Å². The Bertz CT molecular complexity index is 391. The quantitative estimate of drug-likeness (QED) is 0.115. The fraction of sp³-hybridized carbons (Fsp3) is 0.952. The molecule has 0 fully saturated rings. The Morgan fingerprint density at radius 1 is 0.424 bits per heavy atom. The van der Waals surface area contributed by atoms with Crippen LogP contribution in [0.4, 0.5) is 0 Å². The lowest BCUT2D eigenvalue weighted by Crippen LogP contribution is -2.15. The van der Waals surface area contributed by atoms with Crippen molar-refractivity contribution in [3.8, 4) is 0 Å². The molecule has 0 rings (SSSR count). The molecule has 0 aromatic heterocycles. The Morgan fingerprint density at radius 2 is 0.636 bits per heavy atom. The van der Waals surface area contributed by atoms with Crippen LogP contribution in [0.3, 0.4) is 0 Å². The molecular weight excluding hydrogens is 464 g/mol. The molecular formula is C21H41ClO11. The Balaban J connectivity index is 3.01. The second-order valence-corrected chi connectivity index (χ2v) is 6.72. The molecule has 0 saturated carbocycles. The van der Waals surface area contributed by atoms with Gasteiger partial charge in [-0.3, -0.25) is 4.79 Å². The zero-order chi connectivity index (χ0) is 24.1. The van der Waals surface area contributed by atoms with Crippen molar-refractivity contribution in [3.63, 3.8) is 0 Å². The van der Waals surface area contributed by atoms with Gasteiger partial charge >= 0.3 is 5.97 Å². The van der Waals surface area contributed by atoms with Crippen molar-refractivity contribution in [3.05, 3.63) is 0 Å². The summed E-state index contributed by atoms with van der Waals surface area (Å²) >= 11 is 5.49. The van der Waals surface area contributed by atoms with E-state index in [0.29, 0.717) is 118 Å². The van der Waals surface area contributed by atoms with E-state index in [-0.39, 0.29) is 13.0 Å². The molecule has 0 heterocycles. The molecule has 0 bridgehead atoms. The summed E-state index contributed by atoms with van der Waals surface area (Å²) in [5.41, 5.74) is 0. The highest BCUT2D eigenvalue weighted by Crippen LogP contribution is 1.87. The number of hydrogen-bond donors (Lipinski definition) is 1. The second-order valence-electron chi connectivity index (χ2n) is 6.34. The van der Waals surface area contributed by atoms with Crippen LogP contribution >= 0.6 is 11.6 Å². The van der Waals surface area contributed by atoms with Gasteiger partial charge in [-0.25, -0.2) is 0 Å². The van der Waals surface area contributed by atoms with E-state index in [1.54, 1.807) is 0 Å². The third-order valence-electron chi connectivity index (χ3n) is 3.66. The smallest absolute Gasteiger partial charge is 0.305 e. The first-order valence-corrected chi connectivity index (χ1v) is 11.8. The number of hydrogen-bond acceptors (Lipinski definition) is 10. The SMILES string of the molecule is O=C(O)CCOCCOCCOCCOCCOCCOCCOCCOCCOCCCl. The van der Waals surface area contributed by atoms with E-state index in [0.717, 1.165) is 0 Å². The molecule has 33 heavy (non-hydrogen) atoms.